The summed E-state index contributed by atoms with van der Waals surface area (Å²) >= 11 is 4.74. The largest absolute Gasteiger partial charge is 0.364 e. The average molecular weight is 227 g/mol. The Bertz CT molecular complexity index is 383. The van der Waals surface area contributed by atoms with Gasteiger partial charge >= 0.3 is 0 Å². The first-order chi connectivity index (χ1) is 7.13. The van der Waals surface area contributed by atoms with Crippen molar-refractivity contribution in [2.45, 2.75) is 0 Å². The van der Waals surface area contributed by atoms with Gasteiger partial charge in [0.25, 0.3) is 5.91 Å². The molecule has 80 valence electrons. The number of nitrogens with one attached hydrogen (secondary N) is 3. The van der Waals surface area contributed by atoms with Gasteiger partial charge in [-0.1, -0.05) is 6.07 Å². The van der Waals surface area contributed by atoms with Crippen LogP contribution in [-0.4, -0.2) is 18.1 Å². The SMILES string of the molecule is CNC(=S)NNC(=O)c1cccc(F)c1. The van der Waals surface area contributed by atoms with E-state index in [2.05, 4.69) is 16.2 Å². The van der Waals surface area contributed by atoms with Gasteiger partial charge < -0.3 is 5.32 Å². The van der Waals surface area contributed by atoms with Crippen LogP contribution in [-0.2, 0) is 0 Å². The Morgan fingerprint density at radius 3 is 2.73 bits per heavy atom. The highest BCUT2D eigenvalue weighted by Gasteiger charge is 2.05. The van der Waals surface area contributed by atoms with Crippen LogP contribution in [0.2, 0.25) is 0 Å². The minimum atomic E-state index is -0.459. The molecule has 3 N–H and O–H groups in total. The van der Waals surface area contributed by atoms with E-state index in [0.717, 1.165) is 6.07 Å². The fraction of sp³-hybridized carbons (Fsp3) is 0.111. The van der Waals surface area contributed by atoms with Gasteiger partial charge in [-0.05, 0) is 30.4 Å². The number of hydrazine groups is 1. The third-order valence-corrected chi connectivity index (χ3v) is 1.91. The Kier molecular flexibility index (Phi) is 3.99. The number of hydrogen-bond donors (Lipinski definition) is 3. The van der Waals surface area contributed by atoms with Gasteiger partial charge in [0.15, 0.2) is 5.11 Å². The Morgan fingerprint density at radius 2 is 2.13 bits per heavy atom. The van der Waals surface area contributed by atoms with Crippen LogP contribution in [0.1, 0.15) is 10.4 Å². The number of thiocarbonyl (C=S) groups is 1. The van der Waals surface area contributed by atoms with Crippen molar-refractivity contribution in [1.82, 2.24) is 16.2 Å². The van der Waals surface area contributed by atoms with E-state index < -0.39 is 11.7 Å². The van der Waals surface area contributed by atoms with Crippen molar-refractivity contribution in [2.75, 3.05) is 7.05 Å². The van der Waals surface area contributed by atoms with Crippen LogP contribution in [0.15, 0.2) is 24.3 Å². The Balaban J connectivity index is 2.58. The second kappa shape index (κ2) is 5.26. The molecule has 0 atom stereocenters. The molecule has 0 bridgehead atoms. The van der Waals surface area contributed by atoms with Crippen molar-refractivity contribution in [3.05, 3.63) is 35.6 Å². The molecule has 0 aliphatic rings. The summed E-state index contributed by atoms with van der Waals surface area (Å²) in [6.45, 7) is 0. The first-order valence-corrected chi connectivity index (χ1v) is 4.58. The van der Waals surface area contributed by atoms with Crippen LogP contribution >= 0.6 is 12.2 Å². The molecule has 1 aromatic rings. The van der Waals surface area contributed by atoms with Gasteiger partial charge in [0.1, 0.15) is 5.82 Å². The Morgan fingerprint density at radius 1 is 1.40 bits per heavy atom. The number of benzene rings is 1. The molecule has 1 rings (SSSR count). The summed E-state index contributed by atoms with van der Waals surface area (Å²) in [5.41, 5.74) is 4.99. The number of carbonyl (C=O) groups excluding carboxylic acids is 1. The maximum Gasteiger partial charge on any atom is 0.269 e. The zero-order valence-corrected chi connectivity index (χ0v) is 8.82. The predicted octanol–water partition coefficient (Wildman–Crippen LogP) is 0.564. The molecule has 0 aromatic heterocycles. The van der Waals surface area contributed by atoms with E-state index in [9.17, 15) is 9.18 Å². The highest BCUT2D eigenvalue weighted by atomic mass is 32.1. The van der Waals surface area contributed by atoms with Gasteiger partial charge in [-0.3, -0.25) is 15.6 Å². The van der Waals surface area contributed by atoms with Gasteiger partial charge in [0.05, 0.1) is 0 Å². The van der Waals surface area contributed by atoms with Crippen molar-refractivity contribution in [3.63, 3.8) is 0 Å². The van der Waals surface area contributed by atoms with E-state index >= 15 is 0 Å². The first-order valence-electron chi connectivity index (χ1n) is 4.17. The quantitative estimate of drug-likeness (QED) is 0.485. The van der Waals surface area contributed by atoms with Gasteiger partial charge in [-0.2, -0.15) is 0 Å². The van der Waals surface area contributed by atoms with Gasteiger partial charge in [-0.15, -0.1) is 0 Å². The first kappa shape index (κ1) is 11.4. The number of rotatable bonds is 1. The molecule has 0 saturated heterocycles. The number of amides is 1. The standard InChI is InChI=1S/C9H10FN3OS/c1-11-9(15)13-12-8(14)6-3-2-4-7(10)5-6/h2-5H,1H3,(H,12,14)(H2,11,13,15). The molecule has 6 heteroatoms. The van der Waals surface area contributed by atoms with Gasteiger partial charge in [0, 0.05) is 12.6 Å². The molecular formula is C9H10FN3OS. The third kappa shape index (κ3) is 3.51. The molecule has 15 heavy (non-hydrogen) atoms. The molecule has 0 aliphatic carbocycles. The van der Waals surface area contributed by atoms with Crippen LogP contribution in [0.5, 0.6) is 0 Å². The summed E-state index contributed by atoms with van der Waals surface area (Å²) < 4.78 is 12.8. The van der Waals surface area contributed by atoms with Crippen LogP contribution in [0.25, 0.3) is 0 Å². The summed E-state index contributed by atoms with van der Waals surface area (Å²) in [6.07, 6.45) is 0. The zero-order valence-electron chi connectivity index (χ0n) is 8.00. The number of hydrogen-bond acceptors (Lipinski definition) is 2. The lowest BCUT2D eigenvalue weighted by Crippen LogP contribution is -2.45. The normalized spacial score (nSPS) is 9.20. The maximum atomic E-state index is 12.8. The molecule has 0 spiro atoms. The Labute approximate surface area is 91.8 Å². The lowest BCUT2D eigenvalue weighted by molar-refractivity contribution is 0.0943. The second-order valence-electron chi connectivity index (χ2n) is 2.67. The highest BCUT2D eigenvalue weighted by Crippen LogP contribution is 2.02. The van der Waals surface area contributed by atoms with Crippen molar-refractivity contribution in [2.24, 2.45) is 0 Å². The molecule has 1 amide bonds. The molecule has 1 aromatic carbocycles. The van der Waals surface area contributed by atoms with E-state index in [1.54, 1.807) is 7.05 Å². The highest BCUT2D eigenvalue weighted by molar-refractivity contribution is 7.80. The summed E-state index contributed by atoms with van der Waals surface area (Å²) in [5, 5.41) is 2.89. The minimum absolute atomic E-state index is 0.224. The van der Waals surface area contributed by atoms with Gasteiger partial charge in [-0.25, -0.2) is 4.39 Å². The van der Waals surface area contributed by atoms with E-state index in [1.807, 2.05) is 0 Å². The number of carbonyl (C=O) groups is 1. The number of halogens is 1. The molecule has 4 nitrogen and oxygen atoms in total. The van der Waals surface area contributed by atoms with E-state index in [1.165, 1.54) is 18.2 Å². The van der Waals surface area contributed by atoms with Crippen LogP contribution < -0.4 is 16.2 Å². The predicted molar refractivity (Wildman–Crippen MR) is 58.7 cm³/mol. The third-order valence-electron chi connectivity index (χ3n) is 1.60. The van der Waals surface area contributed by atoms with Crippen LogP contribution in [0.3, 0.4) is 0 Å². The molecular weight excluding hydrogens is 217 g/mol. The summed E-state index contributed by atoms with van der Waals surface area (Å²) in [6, 6.07) is 5.37. The molecule has 0 unspecified atom stereocenters. The van der Waals surface area contributed by atoms with Crippen molar-refractivity contribution >= 4 is 23.2 Å². The van der Waals surface area contributed by atoms with Crippen molar-refractivity contribution in [1.29, 1.82) is 0 Å². The molecule has 0 fully saturated rings. The summed E-state index contributed by atoms with van der Waals surface area (Å²) in [7, 11) is 1.61. The lowest BCUT2D eigenvalue weighted by atomic mass is 10.2. The molecule has 0 heterocycles. The van der Waals surface area contributed by atoms with Crippen molar-refractivity contribution in [3.8, 4) is 0 Å². The maximum absolute atomic E-state index is 12.8. The lowest BCUT2D eigenvalue weighted by Gasteiger charge is -2.08. The topological polar surface area (TPSA) is 53.2 Å². The van der Waals surface area contributed by atoms with E-state index in [4.69, 9.17) is 12.2 Å². The van der Waals surface area contributed by atoms with E-state index in [0.29, 0.717) is 0 Å². The molecule has 0 aliphatic heterocycles. The summed E-state index contributed by atoms with van der Waals surface area (Å²) in [4.78, 5) is 11.4. The minimum Gasteiger partial charge on any atom is -0.364 e. The van der Waals surface area contributed by atoms with Crippen LogP contribution in [0.4, 0.5) is 4.39 Å². The fourth-order valence-electron chi connectivity index (χ4n) is 0.878. The second-order valence-corrected chi connectivity index (χ2v) is 3.08. The average Bonchev–Trinajstić information content (AvgIpc) is 2.25. The smallest absolute Gasteiger partial charge is 0.269 e. The van der Waals surface area contributed by atoms with Crippen LogP contribution in [0, 0.1) is 5.82 Å². The van der Waals surface area contributed by atoms with Gasteiger partial charge in [0.2, 0.25) is 0 Å². The molecule has 0 saturated carbocycles. The Hall–Kier alpha value is -1.69. The summed E-state index contributed by atoms with van der Waals surface area (Å²) in [5.74, 6) is -0.911. The monoisotopic (exact) mass is 227 g/mol. The zero-order chi connectivity index (χ0) is 11.3. The molecule has 0 radical (unpaired) electrons. The fourth-order valence-corrected chi connectivity index (χ4v) is 0.929. The van der Waals surface area contributed by atoms with E-state index in [-0.39, 0.29) is 10.7 Å². The van der Waals surface area contributed by atoms with Crippen molar-refractivity contribution < 1.29 is 9.18 Å².